The number of nitrogen functional groups attached to an aromatic ring is 1. The summed E-state index contributed by atoms with van der Waals surface area (Å²) in [6.45, 7) is 1.66. The lowest BCUT2D eigenvalue weighted by atomic mass is 10.2. The van der Waals surface area contributed by atoms with Gasteiger partial charge in [-0.05, 0) is 36.8 Å². The van der Waals surface area contributed by atoms with Crippen LogP contribution in [0.1, 0.15) is 10.4 Å². The maximum absolute atomic E-state index is 13.8. The van der Waals surface area contributed by atoms with Crippen LogP contribution < -0.4 is 10.5 Å². The van der Waals surface area contributed by atoms with Gasteiger partial charge in [0.05, 0.1) is 4.34 Å². The number of nitrogens with one attached hydrogen (secondary N) is 1. The van der Waals surface area contributed by atoms with Crippen LogP contribution >= 0.6 is 22.9 Å². The maximum atomic E-state index is 13.8. The van der Waals surface area contributed by atoms with E-state index in [1.54, 1.807) is 19.1 Å². The Morgan fingerprint density at radius 3 is 2.70 bits per heavy atom. The van der Waals surface area contributed by atoms with E-state index in [0.29, 0.717) is 9.90 Å². The zero-order valence-electron chi connectivity index (χ0n) is 10.5. The monoisotopic (exact) mass is 334 g/mol. The summed E-state index contributed by atoms with van der Waals surface area (Å²) in [7, 11) is -3.96. The minimum Gasteiger partial charge on any atom is -0.398 e. The minimum absolute atomic E-state index is 0.0486. The van der Waals surface area contributed by atoms with E-state index in [9.17, 15) is 12.8 Å². The zero-order valence-corrected chi connectivity index (χ0v) is 12.9. The van der Waals surface area contributed by atoms with Crippen molar-refractivity contribution in [2.75, 3.05) is 5.73 Å². The van der Waals surface area contributed by atoms with Gasteiger partial charge in [0, 0.05) is 17.1 Å². The molecule has 1 aromatic heterocycles. The van der Waals surface area contributed by atoms with E-state index in [1.807, 2.05) is 0 Å². The highest BCUT2D eigenvalue weighted by Crippen LogP contribution is 2.23. The molecular formula is C12H12ClFN2O2S2. The van der Waals surface area contributed by atoms with E-state index in [-0.39, 0.29) is 12.2 Å². The van der Waals surface area contributed by atoms with Crippen molar-refractivity contribution < 1.29 is 12.8 Å². The Labute approximate surface area is 125 Å². The standard InChI is InChI=1S/C12H12ClFN2O2S2/c1-7-4-9(14)11(5-10(7)15)20(17,18)16-6-8-2-3-12(13)19-8/h2-5,16H,6,15H2,1H3. The van der Waals surface area contributed by atoms with Gasteiger partial charge in [0.15, 0.2) is 0 Å². The predicted octanol–water partition coefficient (Wildman–Crippen LogP) is 2.91. The fourth-order valence-corrected chi connectivity index (χ4v) is 3.78. The highest BCUT2D eigenvalue weighted by molar-refractivity contribution is 7.89. The summed E-state index contributed by atoms with van der Waals surface area (Å²) < 4.78 is 40.8. The number of benzene rings is 1. The summed E-state index contributed by atoms with van der Waals surface area (Å²) in [4.78, 5) is 0.280. The lowest BCUT2D eigenvalue weighted by molar-refractivity contribution is 0.557. The highest BCUT2D eigenvalue weighted by Gasteiger charge is 2.20. The lowest BCUT2D eigenvalue weighted by Gasteiger charge is -2.09. The largest absolute Gasteiger partial charge is 0.398 e. The van der Waals surface area contributed by atoms with Crippen LogP contribution in [0, 0.1) is 12.7 Å². The van der Waals surface area contributed by atoms with Gasteiger partial charge in [-0.15, -0.1) is 11.3 Å². The molecule has 108 valence electrons. The number of aryl methyl sites for hydroxylation is 1. The quantitative estimate of drug-likeness (QED) is 0.844. The first-order valence-electron chi connectivity index (χ1n) is 5.59. The molecule has 0 aliphatic heterocycles. The van der Waals surface area contributed by atoms with Crippen molar-refractivity contribution in [1.29, 1.82) is 0 Å². The molecule has 3 N–H and O–H groups in total. The normalized spacial score (nSPS) is 11.8. The molecule has 0 spiro atoms. The van der Waals surface area contributed by atoms with Crippen LogP contribution in [0.3, 0.4) is 0 Å². The SMILES string of the molecule is Cc1cc(F)c(S(=O)(=O)NCc2ccc(Cl)s2)cc1N. The number of anilines is 1. The molecule has 4 nitrogen and oxygen atoms in total. The molecule has 8 heteroatoms. The van der Waals surface area contributed by atoms with E-state index in [4.69, 9.17) is 17.3 Å². The molecule has 0 fully saturated rings. The Balaban J connectivity index is 2.24. The fourth-order valence-electron chi connectivity index (χ4n) is 1.57. The summed E-state index contributed by atoms with van der Waals surface area (Å²) in [5.41, 5.74) is 6.34. The molecule has 2 rings (SSSR count). The highest BCUT2D eigenvalue weighted by atomic mass is 35.5. The van der Waals surface area contributed by atoms with Crippen molar-refractivity contribution >= 4 is 38.6 Å². The second-order valence-corrected chi connectivity index (χ2v) is 7.70. The molecule has 20 heavy (non-hydrogen) atoms. The van der Waals surface area contributed by atoms with Gasteiger partial charge in [0.2, 0.25) is 10.0 Å². The number of hydrogen-bond acceptors (Lipinski definition) is 4. The third-order valence-corrected chi connectivity index (χ3v) is 5.32. The van der Waals surface area contributed by atoms with E-state index in [1.165, 1.54) is 11.3 Å². The third kappa shape index (κ3) is 3.29. The zero-order chi connectivity index (χ0) is 14.9. The number of hydrogen-bond donors (Lipinski definition) is 2. The van der Waals surface area contributed by atoms with Gasteiger partial charge >= 0.3 is 0 Å². The predicted molar refractivity (Wildman–Crippen MR) is 78.9 cm³/mol. The Morgan fingerprint density at radius 2 is 2.10 bits per heavy atom. The Morgan fingerprint density at radius 1 is 1.40 bits per heavy atom. The van der Waals surface area contributed by atoms with Crippen LogP contribution in [0.4, 0.5) is 10.1 Å². The van der Waals surface area contributed by atoms with Crippen LogP contribution in [0.2, 0.25) is 4.34 Å². The van der Waals surface area contributed by atoms with Crippen molar-refractivity contribution in [3.05, 3.63) is 44.9 Å². The fraction of sp³-hybridized carbons (Fsp3) is 0.167. The molecule has 1 heterocycles. The molecule has 0 aliphatic carbocycles. The summed E-state index contributed by atoms with van der Waals surface area (Å²) in [5.74, 6) is -0.826. The molecule has 1 aromatic carbocycles. The number of thiophene rings is 1. The third-order valence-electron chi connectivity index (χ3n) is 2.68. The molecule has 0 radical (unpaired) electrons. The van der Waals surface area contributed by atoms with Crippen LogP contribution in [0.25, 0.3) is 0 Å². The Hall–Kier alpha value is -1.15. The second-order valence-electron chi connectivity index (χ2n) is 4.17. The van der Waals surface area contributed by atoms with Crippen molar-refractivity contribution in [2.24, 2.45) is 0 Å². The second kappa shape index (κ2) is 5.69. The molecule has 0 atom stereocenters. The van der Waals surface area contributed by atoms with E-state index in [0.717, 1.165) is 17.0 Å². The lowest BCUT2D eigenvalue weighted by Crippen LogP contribution is -2.24. The summed E-state index contributed by atoms with van der Waals surface area (Å²) >= 11 is 7.01. The molecule has 0 aliphatic rings. The number of rotatable bonds is 4. The van der Waals surface area contributed by atoms with Crippen molar-refractivity contribution in [2.45, 2.75) is 18.4 Å². The molecule has 0 saturated heterocycles. The van der Waals surface area contributed by atoms with Crippen molar-refractivity contribution in [1.82, 2.24) is 4.72 Å². The van der Waals surface area contributed by atoms with Gasteiger partial charge in [0.25, 0.3) is 0 Å². The molecule has 0 unspecified atom stereocenters. The molecule has 0 amide bonds. The van der Waals surface area contributed by atoms with Gasteiger partial charge in [-0.2, -0.15) is 0 Å². The summed E-state index contributed by atoms with van der Waals surface area (Å²) in [5, 5.41) is 0. The van der Waals surface area contributed by atoms with Gasteiger partial charge in [-0.25, -0.2) is 17.5 Å². The topological polar surface area (TPSA) is 72.2 Å². The van der Waals surface area contributed by atoms with Crippen LogP contribution in [0.5, 0.6) is 0 Å². The van der Waals surface area contributed by atoms with Crippen molar-refractivity contribution in [3.63, 3.8) is 0 Å². The van der Waals surface area contributed by atoms with Crippen LogP contribution in [-0.4, -0.2) is 8.42 Å². The van der Waals surface area contributed by atoms with Gasteiger partial charge in [0.1, 0.15) is 10.7 Å². The molecule has 0 bridgehead atoms. The summed E-state index contributed by atoms with van der Waals surface area (Å²) in [6, 6.07) is 5.59. The summed E-state index contributed by atoms with van der Waals surface area (Å²) in [6.07, 6.45) is 0. The van der Waals surface area contributed by atoms with E-state index in [2.05, 4.69) is 4.72 Å². The number of halogens is 2. The average molecular weight is 335 g/mol. The van der Waals surface area contributed by atoms with E-state index < -0.39 is 20.7 Å². The first-order chi connectivity index (χ1) is 9.29. The Bertz CT molecular complexity index is 744. The first kappa shape index (κ1) is 15.2. The van der Waals surface area contributed by atoms with Crippen molar-refractivity contribution in [3.8, 4) is 0 Å². The maximum Gasteiger partial charge on any atom is 0.243 e. The molecular weight excluding hydrogens is 323 g/mol. The number of sulfonamides is 1. The van der Waals surface area contributed by atoms with Gasteiger partial charge < -0.3 is 5.73 Å². The molecule has 2 aromatic rings. The molecule has 0 saturated carbocycles. The number of nitrogens with two attached hydrogens (primary N) is 1. The average Bonchev–Trinajstić information content (AvgIpc) is 2.77. The smallest absolute Gasteiger partial charge is 0.243 e. The Kier molecular flexibility index (Phi) is 4.33. The minimum atomic E-state index is -3.96. The van der Waals surface area contributed by atoms with Gasteiger partial charge in [-0.3, -0.25) is 0 Å². The van der Waals surface area contributed by atoms with Crippen LogP contribution in [0.15, 0.2) is 29.2 Å². The van der Waals surface area contributed by atoms with E-state index >= 15 is 0 Å². The van der Waals surface area contributed by atoms with Gasteiger partial charge in [-0.1, -0.05) is 11.6 Å². The first-order valence-corrected chi connectivity index (χ1v) is 8.27. The van der Waals surface area contributed by atoms with Crippen LogP contribution in [-0.2, 0) is 16.6 Å².